The molecule has 0 aliphatic rings. The fourth-order valence-corrected chi connectivity index (χ4v) is 3.14. The Morgan fingerprint density at radius 1 is 1.19 bits per heavy atom. The van der Waals surface area contributed by atoms with E-state index in [0.717, 1.165) is 11.1 Å². The lowest BCUT2D eigenvalue weighted by Crippen LogP contribution is -2.10. The lowest BCUT2D eigenvalue weighted by Gasteiger charge is -2.11. The Morgan fingerprint density at radius 3 is 2.68 bits per heavy atom. The Kier molecular flexibility index (Phi) is 5.58. The predicted molar refractivity (Wildman–Crippen MR) is 113 cm³/mol. The second-order valence-electron chi connectivity index (χ2n) is 6.89. The van der Waals surface area contributed by atoms with Gasteiger partial charge in [0, 0.05) is 12.7 Å². The van der Waals surface area contributed by atoms with Gasteiger partial charge in [-0.05, 0) is 42.3 Å². The summed E-state index contributed by atoms with van der Waals surface area (Å²) in [5.41, 5.74) is 4.04. The van der Waals surface area contributed by atoms with Crippen LogP contribution in [0.15, 0.2) is 59.1 Å². The minimum absolute atomic E-state index is 0.301. The highest BCUT2D eigenvalue weighted by Gasteiger charge is 2.24. The number of para-hydroxylation sites is 2. The number of nitrogens with one attached hydrogen (secondary N) is 1. The third-order valence-corrected chi connectivity index (χ3v) is 4.80. The number of nitriles is 1. The first-order chi connectivity index (χ1) is 15.1. The normalized spacial score (nSPS) is 11.6. The SMILES string of the molecule is COC(=O)c1ccc(CNc2ncc(C)c(C(C#N)c3nc4ccccc4o3)n2)cc1. The van der Waals surface area contributed by atoms with Crippen LogP contribution in [0.1, 0.15) is 39.0 Å². The number of benzene rings is 2. The van der Waals surface area contributed by atoms with E-state index in [9.17, 15) is 10.1 Å². The van der Waals surface area contributed by atoms with Crippen LogP contribution < -0.4 is 5.32 Å². The van der Waals surface area contributed by atoms with Crippen molar-refractivity contribution in [1.29, 1.82) is 5.26 Å². The van der Waals surface area contributed by atoms with E-state index in [4.69, 9.17) is 9.15 Å². The van der Waals surface area contributed by atoms with Gasteiger partial charge in [-0.1, -0.05) is 24.3 Å². The molecular formula is C23H19N5O3. The predicted octanol–water partition coefficient (Wildman–Crippen LogP) is 3.98. The summed E-state index contributed by atoms with van der Waals surface area (Å²) in [6.45, 7) is 2.29. The number of hydrogen-bond acceptors (Lipinski definition) is 8. The molecule has 1 atom stereocenters. The standard InChI is InChI=1S/C23H19N5O3/c1-14-12-25-23(26-13-15-7-9-16(10-8-15)22(29)30-2)28-20(14)17(11-24)21-27-18-5-3-4-6-19(18)31-21/h3-10,12,17H,13H2,1-2H3,(H,25,26,28). The largest absolute Gasteiger partial charge is 0.465 e. The van der Waals surface area contributed by atoms with E-state index in [1.165, 1.54) is 7.11 Å². The lowest BCUT2D eigenvalue weighted by molar-refractivity contribution is 0.0600. The van der Waals surface area contributed by atoms with Crippen molar-refractivity contribution in [2.45, 2.75) is 19.4 Å². The third-order valence-electron chi connectivity index (χ3n) is 4.80. The number of anilines is 1. The molecule has 0 fully saturated rings. The molecule has 0 saturated carbocycles. The van der Waals surface area contributed by atoms with Gasteiger partial charge in [-0.3, -0.25) is 0 Å². The summed E-state index contributed by atoms with van der Waals surface area (Å²) >= 11 is 0. The molecule has 0 spiro atoms. The zero-order valence-electron chi connectivity index (χ0n) is 17.0. The molecule has 0 aliphatic carbocycles. The Balaban J connectivity index is 1.55. The minimum atomic E-state index is -0.754. The summed E-state index contributed by atoms with van der Waals surface area (Å²) in [5.74, 6) is -0.452. The fraction of sp³-hybridized carbons (Fsp3) is 0.174. The third kappa shape index (κ3) is 4.21. The zero-order chi connectivity index (χ0) is 21.8. The maximum Gasteiger partial charge on any atom is 0.337 e. The molecule has 0 radical (unpaired) electrons. The quantitative estimate of drug-likeness (QED) is 0.472. The molecule has 0 saturated heterocycles. The van der Waals surface area contributed by atoms with E-state index in [2.05, 4.69) is 26.3 Å². The smallest absolute Gasteiger partial charge is 0.337 e. The zero-order valence-corrected chi connectivity index (χ0v) is 17.0. The average Bonchev–Trinajstić information content (AvgIpc) is 3.23. The molecule has 1 unspecified atom stereocenters. The summed E-state index contributed by atoms with van der Waals surface area (Å²) in [7, 11) is 1.35. The van der Waals surface area contributed by atoms with Crippen LogP contribution in [0.5, 0.6) is 0 Å². The number of rotatable bonds is 6. The number of aromatic nitrogens is 3. The van der Waals surface area contributed by atoms with E-state index in [-0.39, 0.29) is 5.97 Å². The summed E-state index contributed by atoms with van der Waals surface area (Å²) in [6.07, 6.45) is 1.66. The van der Waals surface area contributed by atoms with E-state index in [0.29, 0.717) is 40.7 Å². The van der Waals surface area contributed by atoms with Crippen molar-refractivity contribution in [1.82, 2.24) is 15.0 Å². The maximum absolute atomic E-state index is 11.5. The number of methoxy groups -OCH3 is 1. The molecule has 2 heterocycles. The number of carbonyl (C=O) groups is 1. The van der Waals surface area contributed by atoms with Crippen molar-refractivity contribution in [2.24, 2.45) is 0 Å². The summed E-state index contributed by atoms with van der Waals surface area (Å²) < 4.78 is 10.5. The molecule has 0 amide bonds. The van der Waals surface area contributed by atoms with Crippen LogP contribution in [0.2, 0.25) is 0 Å². The van der Waals surface area contributed by atoms with Crippen LogP contribution in [0.3, 0.4) is 0 Å². The van der Waals surface area contributed by atoms with Gasteiger partial charge in [-0.2, -0.15) is 5.26 Å². The molecule has 4 rings (SSSR count). The van der Waals surface area contributed by atoms with Crippen molar-refractivity contribution in [3.05, 3.63) is 83.0 Å². The number of oxazole rings is 1. The van der Waals surface area contributed by atoms with Crippen molar-refractivity contribution < 1.29 is 13.9 Å². The van der Waals surface area contributed by atoms with Gasteiger partial charge in [0.1, 0.15) is 5.52 Å². The number of aryl methyl sites for hydroxylation is 1. The maximum atomic E-state index is 11.5. The van der Waals surface area contributed by atoms with Crippen LogP contribution in [-0.2, 0) is 11.3 Å². The Hall–Kier alpha value is -4.25. The molecule has 8 nitrogen and oxygen atoms in total. The molecule has 1 N–H and O–H groups in total. The summed E-state index contributed by atoms with van der Waals surface area (Å²) in [5, 5.41) is 13.0. The van der Waals surface area contributed by atoms with Crippen molar-refractivity contribution in [2.75, 3.05) is 12.4 Å². The van der Waals surface area contributed by atoms with Gasteiger partial charge in [0.25, 0.3) is 0 Å². The molecule has 2 aromatic heterocycles. The Morgan fingerprint density at radius 2 is 1.97 bits per heavy atom. The topological polar surface area (TPSA) is 114 Å². The van der Waals surface area contributed by atoms with Crippen molar-refractivity contribution in [3.63, 3.8) is 0 Å². The number of fused-ring (bicyclic) bond motifs is 1. The molecule has 0 aliphatic heterocycles. The molecule has 31 heavy (non-hydrogen) atoms. The molecular weight excluding hydrogens is 394 g/mol. The van der Waals surface area contributed by atoms with Gasteiger partial charge in [0.05, 0.1) is 24.4 Å². The Bertz CT molecular complexity index is 1240. The fourth-order valence-electron chi connectivity index (χ4n) is 3.14. The first kappa shape index (κ1) is 20.0. The number of ether oxygens (including phenoxy) is 1. The second-order valence-corrected chi connectivity index (χ2v) is 6.89. The summed E-state index contributed by atoms with van der Waals surface area (Å²) in [4.78, 5) is 24.8. The number of carbonyl (C=O) groups excluding carboxylic acids is 1. The first-order valence-electron chi connectivity index (χ1n) is 9.59. The monoisotopic (exact) mass is 413 g/mol. The van der Waals surface area contributed by atoms with E-state index in [1.807, 2.05) is 43.3 Å². The molecule has 2 aromatic carbocycles. The van der Waals surface area contributed by atoms with E-state index >= 15 is 0 Å². The van der Waals surface area contributed by atoms with Crippen LogP contribution >= 0.6 is 0 Å². The molecule has 0 bridgehead atoms. The van der Waals surface area contributed by atoms with Gasteiger partial charge in [0.2, 0.25) is 11.8 Å². The molecule has 4 aromatic rings. The van der Waals surface area contributed by atoms with Gasteiger partial charge in [-0.15, -0.1) is 0 Å². The highest BCUT2D eigenvalue weighted by molar-refractivity contribution is 5.89. The Labute approximate surface area is 178 Å². The average molecular weight is 413 g/mol. The second kappa shape index (κ2) is 8.63. The van der Waals surface area contributed by atoms with Crippen molar-refractivity contribution >= 4 is 23.0 Å². The number of nitrogens with zero attached hydrogens (tertiary/aromatic N) is 4. The van der Waals surface area contributed by atoms with Gasteiger partial charge in [-0.25, -0.2) is 19.7 Å². The lowest BCUT2D eigenvalue weighted by atomic mass is 10.0. The minimum Gasteiger partial charge on any atom is -0.465 e. The number of hydrogen-bond donors (Lipinski definition) is 1. The van der Waals surface area contributed by atoms with Crippen LogP contribution in [0.4, 0.5) is 5.95 Å². The van der Waals surface area contributed by atoms with Gasteiger partial charge in [0.15, 0.2) is 11.5 Å². The van der Waals surface area contributed by atoms with E-state index < -0.39 is 5.92 Å². The molecule has 8 heteroatoms. The summed E-state index contributed by atoms with van der Waals surface area (Å²) in [6, 6.07) is 16.7. The van der Waals surface area contributed by atoms with Crippen molar-refractivity contribution in [3.8, 4) is 6.07 Å². The first-order valence-corrected chi connectivity index (χ1v) is 9.59. The van der Waals surface area contributed by atoms with Crippen LogP contribution in [0.25, 0.3) is 11.1 Å². The van der Waals surface area contributed by atoms with Gasteiger partial charge < -0.3 is 14.5 Å². The van der Waals surface area contributed by atoms with Crippen LogP contribution in [0, 0.1) is 18.3 Å². The number of esters is 1. The van der Waals surface area contributed by atoms with Crippen LogP contribution in [-0.4, -0.2) is 28.0 Å². The molecule has 154 valence electrons. The van der Waals surface area contributed by atoms with Gasteiger partial charge >= 0.3 is 5.97 Å². The van der Waals surface area contributed by atoms with E-state index in [1.54, 1.807) is 18.3 Å². The highest BCUT2D eigenvalue weighted by atomic mass is 16.5. The highest BCUT2D eigenvalue weighted by Crippen LogP contribution is 2.28.